The van der Waals surface area contributed by atoms with Crippen LogP contribution in [0.3, 0.4) is 0 Å². The third-order valence-electron chi connectivity index (χ3n) is 3.48. The monoisotopic (exact) mass is 443 g/mol. The van der Waals surface area contributed by atoms with Crippen LogP contribution in [0.2, 0.25) is 0 Å². The fourth-order valence-electron chi connectivity index (χ4n) is 2.18. The van der Waals surface area contributed by atoms with Gasteiger partial charge in [-0.25, -0.2) is 4.99 Å². The van der Waals surface area contributed by atoms with Crippen LogP contribution in [-0.4, -0.2) is 40.5 Å². The lowest BCUT2D eigenvalue weighted by Crippen LogP contribution is -2.40. The molecule has 1 aromatic carbocycles. The van der Waals surface area contributed by atoms with Crippen LogP contribution in [-0.2, 0) is 12.1 Å². The molecule has 0 saturated heterocycles. The van der Waals surface area contributed by atoms with E-state index in [0.717, 1.165) is 18.7 Å². The first-order valence-electron chi connectivity index (χ1n) is 7.89. The predicted molar refractivity (Wildman–Crippen MR) is 108 cm³/mol. The molecule has 0 fully saturated rings. The topological polar surface area (TPSA) is 74.5 Å². The maximum atomic E-state index is 10.6. The molecule has 0 aliphatic carbocycles. The highest BCUT2D eigenvalue weighted by molar-refractivity contribution is 14.0. The van der Waals surface area contributed by atoms with E-state index in [0.29, 0.717) is 12.5 Å². The van der Waals surface area contributed by atoms with Gasteiger partial charge in [-0.15, -0.1) is 24.0 Å². The summed E-state index contributed by atoms with van der Waals surface area (Å²) in [4.78, 5) is 4.50. The number of guanidine groups is 1. The molecule has 132 valence electrons. The molecule has 0 bridgehead atoms. The molecule has 2 aromatic rings. The predicted octanol–water partition coefficient (Wildman–Crippen LogP) is 1.96. The third-order valence-corrected chi connectivity index (χ3v) is 3.48. The average molecular weight is 443 g/mol. The lowest BCUT2D eigenvalue weighted by atomic mass is 9.96. The molecule has 7 heteroatoms. The van der Waals surface area contributed by atoms with Crippen molar-refractivity contribution in [2.75, 3.05) is 19.6 Å². The number of aliphatic imine (C=N–C) groups is 1. The largest absolute Gasteiger partial charge is 0.384 e. The zero-order valence-electron chi connectivity index (χ0n) is 14.1. The Kier molecular flexibility index (Phi) is 8.77. The van der Waals surface area contributed by atoms with Crippen LogP contribution in [0, 0.1) is 0 Å². The normalized spacial score (nSPS) is 13.7. The van der Waals surface area contributed by atoms with E-state index in [1.165, 1.54) is 0 Å². The number of benzene rings is 1. The van der Waals surface area contributed by atoms with Gasteiger partial charge in [0.2, 0.25) is 0 Å². The second-order valence-corrected chi connectivity index (χ2v) is 5.53. The number of hydrogen-bond acceptors (Lipinski definition) is 3. The number of halogens is 1. The Labute approximate surface area is 160 Å². The van der Waals surface area contributed by atoms with E-state index in [9.17, 15) is 5.11 Å². The minimum Gasteiger partial charge on any atom is -0.384 e. The zero-order valence-corrected chi connectivity index (χ0v) is 16.5. The van der Waals surface area contributed by atoms with Crippen molar-refractivity contribution in [1.82, 2.24) is 20.4 Å². The molecule has 0 amide bonds. The minimum atomic E-state index is -0.994. The first kappa shape index (κ1) is 20.4. The van der Waals surface area contributed by atoms with Crippen LogP contribution in [0.5, 0.6) is 0 Å². The molecule has 1 heterocycles. The fourth-order valence-corrected chi connectivity index (χ4v) is 2.18. The molecule has 6 nitrogen and oxygen atoms in total. The van der Waals surface area contributed by atoms with Gasteiger partial charge in [0.1, 0.15) is 5.60 Å². The van der Waals surface area contributed by atoms with Crippen molar-refractivity contribution in [3.63, 3.8) is 0 Å². The van der Waals surface area contributed by atoms with Gasteiger partial charge in [0.25, 0.3) is 0 Å². The Bertz CT molecular complexity index is 599. The molecule has 0 aliphatic heterocycles. The van der Waals surface area contributed by atoms with Gasteiger partial charge in [0.05, 0.1) is 13.1 Å². The van der Waals surface area contributed by atoms with Crippen LogP contribution in [0.15, 0.2) is 53.8 Å². The summed E-state index contributed by atoms with van der Waals surface area (Å²) in [6, 6.07) is 11.5. The minimum absolute atomic E-state index is 0. The van der Waals surface area contributed by atoms with Gasteiger partial charge in [-0.1, -0.05) is 30.3 Å². The standard InChI is InChI=1S/C17H25N5O.HI/c1-3-18-16(19-11-13-22-12-7-10-21-22)20-14-17(2,23)15-8-5-4-6-9-15;/h4-10,12,23H,3,11,13-14H2,1-2H3,(H2,18,19,20);1H. The maximum Gasteiger partial charge on any atom is 0.191 e. The highest BCUT2D eigenvalue weighted by Gasteiger charge is 2.22. The Morgan fingerprint density at radius 1 is 1.25 bits per heavy atom. The van der Waals surface area contributed by atoms with E-state index >= 15 is 0 Å². The summed E-state index contributed by atoms with van der Waals surface area (Å²) in [5, 5.41) is 21.2. The van der Waals surface area contributed by atoms with Gasteiger partial charge in [0, 0.05) is 25.5 Å². The van der Waals surface area contributed by atoms with Crippen molar-refractivity contribution in [1.29, 1.82) is 0 Å². The van der Waals surface area contributed by atoms with Gasteiger partial charge in [-0.05, 0) is 25.5 Å². The summed E-state index contributed by atoms with van der Waals surface area (Å²) in [6.07, 6.45) is 3.68. The van der Waals surface area contributed by atoms with Crippen LogP contribution in [0.4, 0.5) is 0 Å². The molecule has 0 saturated carbocycles. The van der Waals surface area contributed by atoms with Crippen molar-refractivity contribution in [2.24, 2.45) is 4.99 Å². The summed E-state index contributed by atoms with van der Waals surface area (Å²) in [5.41, 5.74) is -0.137. The van der Waals surface area contributed by atoms with E-state index in [1.807, 2.05) is 54.2 Å². The average Bonchev–Trinajstić information content (AvgIpc) is 3.07. The van der Waals surface area contributed by atoms with Gasteiger partial charge >= 0.3 is 0 Å². The van der Waals surface area contributed by atoms with E-state index in [4.69, 9.17) is 0 Å². The first-order valence-corrected chi connectivity index (χ1v) is 7.89. The number of aliphatic hydroxyl groups is 1. The maximum absolute atomic E-state index is 10.6. The van der Waals surface area contributed by atoms with Crippen LogP contribution >= 0.6 is 24.0 Å². The van der Waals surface area contributed by atoms with Gasteiger partial charge in [-0.2, -0.15) is 5.10 Å². The summed E-state index contributed by atoms with van der Waals surface area (Å²) in [5.74, 6) is 0.691. The van der Waals surface area contributed by atoms with Gasteiger partial charge < -0.3 is 15.7 Å². The van der Waals surface area contributed by atoms with Crippen LogP contribution < -0.4 is 10.6 Å². The Morgan fingerprint density at radius 2 is 2.00 bits per heavy atom. The smallest absolute Gasteiger partial charge is 0.191 e. The van der Waals surface area contributed by atoms with E-state index in [1.54, 1.807) is 13.1 Å². The lowest BCUT2D eigenvalue weighted by molar-refractivity contribution is 0.0672. The lowest BCUT2D eigenvalue weighted by Gasteiger charge is -2.22. The summed E-state index contributed by atoms with van der Waals surface area (Å²) in [7, 11) is 0. The second-order valence-electron chi connectivity index (χ2n) is 5.53. The van der Waals surface area contributed by atoms with E-state index < -0.39 is 5.60 Å². The van der Waals surface area contributed by atoms with E-state index in [2.05, 4.69) is 20.7 Å². The molecule has 1 aromatic heterocycles. The molecular formula is C17H26IN5O. The molecule has 0 radical (unpaired) electrons. The van der Waals surface area contributed by atoms with Crippen molar-refractivity contribution in [2.45, 2.75) is 26.0 Å². The first-order chi connectivity index (χ1) is 11.1. The number of nitrogens with zero attached hydrogens (tertiary/aromatic N) is 3. The summed E-state index contributed by atoms with van der Waals surface area (Å²) in [6.45, 7) is 6.31. The molecule has 0 aliphatic rings. The highest BCUT2D eigenvalue weighted by atomic mass is 127. The third kappa shape index (κ3) is 6.48. The highest BCUT2D eigenvalue weighted by Crippen LogP contribution is 2.20. The zero-order chi connectivity index (χ0) is 16.5. The number of rotatable bonds is 7. The molecule has 0 spiro atoms. The second kappa shape index (κ2) is 10.3. The quantitative estimate of drug-likeness (QED) is 0.348. The van der Waals surface area contributed by atoms with Crippen molar-refractivity contribution in [3.05, 3.63) is 54.4 Å². The Hall–Kier alpha value is -1.61. The molecule has 24 heavy (non-hydrogen) atoms. The van der Waals surface area contributed by atoms with E-state index in [-0.39, 0.29) is 30.5 Å². The van der Waals surface area contributed by atoms with Crippen molar-refractivity contribution < 1.29 is 5.11 Å². The van der Waals surface area contributed by atoms with Crippen molar-refractivity contribution in [3.8, 4) is 0 Å². The van der Waals surface area contributed by atoms with Gasteiger partial charge in [-0.3, -0.25) is 4.68 Å². The van der Waals surface area contributed by atoms with Crippen molar-refractivity contribution >= 4 is 29.9 Å². The van der Waals surface area contributed by atoms with Crippen LogP contribution in [0.25, 0.3) is 0 Å². The van der Waals surface area contributed by atoms with Gasteiger partial charge in [0.15, 0.2) is 5.96 Å². The molecule has 1 atom stereocenters. The number of aromatic nitrogens is 2. The SMILES string of the molecule is CCNC(=NCC(C)(O)c1ccccc1)NCCn1cccn1.I. The Balaban J connectivity index is 0.00000288. The summed E-state index contributed by atoms with van der Waals surface area (Å²) >= 11 is 0. The number of nitrogens with one attached hydrogen (secondary N) is 2. The number of hydrogen-bond donors (Lipinski definition) is 3. The molecule has 3 N–H and O–H groups in total. The Morgan fingerprint density at radius 3 is 2.62 bits per heavy atom. The molecular weight excluding hydrogens is 417 g/mol. The summed E-state index contributed by atoms with van der Waals surface area (Å²) < 4.78 is 1.86. The molecule has 2 rings (SSSR count). The fraction of sp³-hybridized carbons (Fsp3) is 0.412. The molecule has 1 unspecified atom stereocenters. The van der Waals surface area contributed by atoms with Crippen LogP contribution in [0.1, 0.15) is 19.4 Å².